The molecule has 2 N–H and O–H groups in total. The zero-order valence-corrected chi connectivity index (χ0v) is 10.00. The van der Waals surface area contributed by atoms with Gasteiger partial charge in [0.15, 0.2) is 0 Å². The summed E-state index contributed by atoms with van der Waals surface area (Å²) in [5.41, 5.74) is 2.37. The number of carbonyl (C=O) groups is 1. The number of rotatable bonds is 2. The van der Waals surface area contributed by atoms with E-state index in [9.17, 15) is 4.79 Å². The highest BCUT2D eigenvalue weighted by atomic mass is 32.2. The van der Waals surface area contributed by atoms with Gasteiger partial charge < -0.3 is 9.84 Å². The molecule has 2 aliphatic rings. The molecule has 2 unspecified atom stereocenters. The second kappa shape index (κ2) is 4.23. The van der Waals surface area contributed by atoms with Crippen molar-refractivity contribution >= 4 is 17.7 Å². The molecular formula is C12H13NO3S. The highest BCUT2D eigenvalue weighted by Crippen LogP contribution is 2.36. The van der Waals surface area contributed by atoms with Crippen LogP contribution in [0.1, 0.15) is 16.5 Å². The van der Waals surface area contributed by atoms with Gasteiger partial charge in [-0.3, -0.25) is 10.1 Å². The summed E-state index contributed by atoms with van der Waals surface area (Å²) >= 11 is 1.64. The Labute approximate surface area is 103 Å². The van der Waals surface area contributed by atoms with Crippen LogP contribution in [-0.4, -0.2) is 29.5 Å². The van der Waals surface area contributed by atoms with Gasteiger partial charge in [-0.15, -0.1) is 11.8 Å². The smallest absolute Gasteiger partial charge is 0.321 e. The van der Waals surface area contributed by atoms with Crippen LogP contribution in [0.5, 0.6) is 5.75 Å². The fourth-order valence-electron chi connectivity index (χ4n) is 2.18. The van der Waals surface area contributed by atoms with E-state index < -0.39 is 12.0 Å². The summed E-state index contributed by atoms with van der Waals surface area (Å²) in [6, 6.07) is 5.68. The summed E-state index contributed by atoms with van der Waals surface area (Å²) in [4.78, 5) is 10.9. The molecule has 1 aromatic carbocycles. The largest absolute Gasteiger partial charge is 0.493 e. The Bertz CT molecular complexity index is 463. The standard InChI is InChI=1S/C12H13NO3S/c14-12(15)9-6-17-11(13-9)8-1-2-10-7(5-8)3-4-16-10/h1-2,5,9,11,13H,3-4,6H2,(H,14,15). The third-order valence-electron chi connectivity index (χ3n) is 3.10. The highest BCUT2D eigenvalue weighted by molar-refractivity contribution is 7.99. The first-order chi connectivity index (χ1) is 8.24. The fourth-order valence-corrected chi connectivity index (χ4v) is 3.40. The van der Waals surface area contributed by atoms with E-state index in [0.717, 1.165) is 24.3 Å². The Balaban J connectivity index is 1.79. The van der Waals surface area contributed by atoms with E-state index in [0.29, 0.717) is 5.75 Å². The molecule has 1 aromatic rings. The first kappa shape index (κ1) is 10.9. The topological polar surface area (TPSA) is 58.6 Å². The molecule has 17 heavy (non-hydrogen) atoms. The molecule has 90 valence electrons. The lowest BCUT2D eigenvalue weighted by molar-refractivity contribution is -0.138. The van der Waals surface area contributed by atoms with Crippen molar-refractivity contribution in [3.05, 3.63) is 29.3 Å². The number of benzene rings is 1. The molecular weight excluding hydrogens is 238 g/mol. The average Bonchev–Trinajstić information content (AvgIpc) is 2.97. The molecule has 0 amide bonds. The van der Waals surface area contributed by atoms with E-state index in [1.165, 1.54) is 5.56 Å². The summed E-state index contributed by atoms with van der Waals surface area (Å²) in [5.74, 6) is 0.809. The quantitative estimate of drug-likeness (QED) is 0.832. The van der Waals surface area contributed by atoms with Gasteiger partial charge in [-0.1, -0.05) is 6.07 Å². The van der Waals surface area contributed by atoms with Crippen LogP contribution >= 0.6 is 11.8 Å². The summed E-state index contributed by atoms with van der Waals surface area (Å²) in [5, 5.41) is 12.1. The maximum Gasteiger partial charge on any atom is 0.321 e. The number of aliphatic carboxylic acids is 1. The van der Waals surface area contributed by atoms with Crippen molar-refractivity contribution in [3.8, 4) is 5.75 Å². The monoisotopic (exact) mass is 251 g/mol. The van der Waals surface area contributed by atoms with Crippen molar-refractivity contribution in [1.29, 1.82) is 0 Å². The number of hydrogen-bond donors (Lipinski definition) is 2. The molecule has 0 aromatic heterocycles. The molecule has 2 atom stereocenters. The lowest BCUT2D eigenvalue weighted by Crippen LogP contribution is -2.33. The molecule has 4 nitrogen and oxygen atoms in total. The van der Waals surface area contributed by atoms with E-state index in [4.69, 9.17) is 9.84 Å². The Morgan fingerprint density at radius 1 is 1.53 bits per heavy atom. The summed E-state index contributed by atoms with van der Waals surface area (Å²) in [6.45, 7) is 0.752. The number of hydrogen-bond acceptors (Lipinski definition) is 4. The Morgan fingerprint density at radius 2 is 2.41 bits per heavy atom. The van der Waals surface area contributed by atoms with Crippen LogP contribution in [0.25, 0.3) is 0 Å². The van der Waals surface area contributed by atoms with Crippen LogP contribution in [0, 0.1) is 0 Å². The fraction of sp³-hybridized carbons (Fsp3) is 0.417. The minimum atomic E-state index is -0.774. The predicted octanol–water partition coefficient (Wildman–Crippen LogP) is 1.41. The molecule has 5 heteroatoms. The van der Waals surface area contributed by atoms with Gasteiger partial charge >= 0.3 is 5.97 Å². The van der Waals surface area contributed by atoms with Gasteiger partial charge in [0.2, 0.25) is 0 Å². The van der Waals surface area contributed by atoms with Crippen molar-refractivity contribution in [2.24, 2.45) is 0 Å². The van der Waals surface area contributed by atoms with Gasteiger partial charge in [0, 0.05) is 12.2 Å². The highest BCUT2D eigenvalue weighted by Gasteiger charge is 2.30. The van der Waals surface area contributed by atoms with Gasteiger partial charge in [-0.2, -0.15) is 0 Å². The van der Waals surface area contributed by atoms with Crippen molar-refractivity contribution in [2.75, 3.05) is 12.4 Å². The number of ether oxygens (including phenoxy) is 1. The molecule has 0 spiro atoms. The lowest BCUT2D eigenvalue weighted by Gasteiger charge is -2.12. The van der Waals surface area contributed by atoms with Crippen LogP contribution in [0.3, 0.4) is 0 Å². The Hall–Kier alpha value is -1.20. The minimum Gasteiger partial charge on any atom is -0.493 e. The van der Waals surface area contributed by atoms with Crippen LogP contribution in [0.4, 0.5) is 0 Å². The Morgan fingerprint density at radius 3 is 3.18 bits per heavy atom. The molecule has 0 aliphatic carbocycles. The van der Waals surface area contributed by atoms with E-state index in [1.54, 1.807) is 11.8 Å². The third-order valence-corrected chi connectivity index (χ3v) is 4.36. The van der Waals surface area contributed by atoms with E-state index in [1.807, 2.05) is 12.1 Å². The Kier molecular flexibility index (Phi) is 2.72. The summed E-state index contributed by atoms with van der Waals surface area (Å²) < 4.78 is 5.45. The van der Waals surface area contributed by atoms with Crippen LogP contribution in [0.2, 0.25) is 0 Å². The van der Waals surface area contributed by atoms with E-state index in [-0.39, 0.29) is 5.37 Å². The zero-order chi connectivity index (χ0) is 11.8. The lowest BCUT2D eigenvalue weighted by atomic mass is 10.1. The van der Waals surface area contributed by atoms with Gasteiger partial charge in [-0.05, 0) is 23.3 Å². The zero-order valence-electron chi connectivity index (χ0n) is 9.18. The normalized spacial score (nSPS) is 26.6. The van der Waals surface area contributed by atoms with Crippen LogP contribution in [0.15, 0.2) is 18.2 Å². The number of carboxylic acids is 1. The predicted molar refractivity (Wildman–Crippen MR) is 65.4 cm³/mol. The number of thioether (sulfide) groups is 1. The number of fused-ring (bicyclic) bond motifs is 1. The maximum absolute atomic E-state index is 10.9. The molecule has 1 fully saturated rings. The molecule has 0 radical (unpaired) electrons. The first-order valence-electron chi connectivity index (χ1n) is 5.60. The molecule has 2 heterocycles. The average molecular weight is 251 g/mol. The molecule has 1 saturated heterocycles. The molecule has 0 bridgehead atoms. The van der Waals surface area contributed by atoms with Crippen LogP contribution < -0.4 is 10.1 Å². The maximum atomic E-state index is 10.9. The SMILES string of the molecule is O=C(O)C1CSC(c2ccc3c(c2)CCO3)N1. The van der Waals surface area contributed by atoms with Crippen molar-refractivity contribution in [2.45, 2.75) is 17.8 Å². The molecule has 2 aliphatic heterocycles. The number of nitrogens with one attached hydrogen (secondary N) is 1. The van der Waals surface area contributed by atoms with Crippen molar-refractivity contribution < 1.29 is 14.6 Å². The summed E-state index contributed by atoms with van der Waals surface area (Å²) in [6.07, 6.45) is 0.947. The van der Waals surface area contributed by atoms with Crippen molar-refractivity contribution in [3.63, 3.8) is 0 Å². The van der Waals surface area contributed by atoms with Gasteiger partial charge in [0.1, 0.15) is 11.8 Å². The van der Waals surface area contributed by atoms with Crippen LogP contribution in [-0.2, 0) is 11.2 Å². The second-order valence-corrected chi connectivity index (χ2v) is 5.37. The molecule has 0 saturated carbocycles. The third kappa shape index (κ3) is 2.00. The molecule has 3 rings (SSSR count). The second-order valence-electron chi connectivity index (χ2n) is 4.24. The van der Waals surface area contributed by atoms with Gasteiger partial charge in [0.25, 0.3) is 0 Å². The summed E-state index contributed by atoms with van der Waals surface area (Å²) in [7, 11) is 0. The van der Waals surface area contributed by atoms with E-state index in [2.05, 4.69) is 11.4 Å². The van der Waals surface area contributed by atoms with E-state index >= 15 is 0 Å². The minimum absolute atomic E-state index is 0.0852. The number of carboxylic acid groups (broad SMARTS) is 1. The van der Waals surface area contributed by atoms with Crippen molar-refractivity contribution in [1.82, 2.24) is 5.32 Å². The van der Waals surface area contributed by atoms with Gasteiger partial charge in [-0.25, -0.2) is 0 Å². The van der Waals surface area contributed by atoms with Gasteiger partial charge in [0.05, 0.1) is 12.0 Å². The first-order valence-corrected chi connectivity index (χ1v) is 6.65.